The highest BCUT2D eigenvalue weighted by Crippen LogP contribution is 2.35. The van der Waals surface area contributed by atoms with Crippen molar-refractivity contribution in [2.45, 2.75) is 18.9 Å². The highest BCUT2D eigenvalue weighted by atomic mass is 32.2. The minimum absolute atomic E-state index is 0.139. The molecule has 0 N–H and O–H groups in total. The molecule has 0 spiro atoms. The Labute approximate surface area is 136 Å². The molecule has 2 aromatic carbocycles. The zero-order chi connectivity index (χ0) is 15.4. The molecule has 1 atom stereocenters. The van der Waals surface area contributed by atoms with E-state index < -0.39 is 0 Å². The zero-order valence-electron chi connectivity index (χ0n) is 12.9. The maximum atomic E-state index is 12.8. The maximum absolute atomic E-state index is 12.8. The number of ketones is 1. The predicted octanol–water partition coefficient (Wildman–Crippen LogP) is 4.11. The smallest absolute Gasteiger partial charge is 0.160 e. The summed E-state index contributed by atoms with van der Waals surface area (Å²) in [5.74, 6) is 1.21. The Morgan fingerprint density at radius 2 is 1.86 bits per heavy atom. The quantitative estimate of drug-likeness (QED) is 0.829. The van der Waals surface area contributed by atoms with Crippen molar-refractivity contribution in [1.29, 1.82) is 0 Å². The van der Waals surface area contributed by atoms with Crippen molar-refractivity contribution in [2.24, 2.45) is 0 Å². The number of carbonyl (C=O) groups is 1. The number of hydrogen-bond acceptors (Lipinski definition) is 3. The second kappa shape index (κ2) is 7.01. The first-order valence-corrected chi connectivity index (χ1v) is 9.12. The van der Waals surface area contributed by atoms with E-state index in [1.54, 1.807) is 11.8 Å². The molecule has 114 valence electrons. The van der Waals surface area contributed by atoms with Gasteiger partial charge in [-0.25, -0.2) is 0 Å². The molecule has 1 aliphatic rings. The van der Waals surface area contributed by atoms with E-state index in [0.717, 1.165) is 24.4 Å². The Balaban J connectivity index is 1.98. The lowest BCUT2D eigenvalue weighted by atomic mass is 9.89. The summed E-state index contributed by atoms with van der Waals surface area (Å²) in [5, 5.41) is 0. The number of carbonyl (C=O) groups excluding carboxylic acids is 1. The van der Waals surface area contributed by atoms with Gasteiger partial charge >= 0.3 is 0 Å². The summed E-state index contributed by atoms with van der Waals surface area (Å²) in [5.41, 5.74) is 3.64. The van der Waals surface area contributed by atoms with Crippen LogP contribution in [0.15, 0.2) is 54.6 Å². The molecular formula is C19H21NOS. The lowest BCUT2D eigenvalue weighted by molar-refractivity contribution is -0.120. The van der Waals surface area contributed by atoms with Gasteiger partial charge in [0, 0.05) is 18.7 Å². The molecule has 2 nitrogen and oxygen atoms in total. The van der Waals surface area contributed by atoms with E-state index >= 15 is 0 Å². The average molecular weight is 311 g/mol. The summed E-state index contributed by atoms with van der Waals surface area (Å²) in [6.07, 6.45) is 3.68. The van der Waals surface area contributed by atoms with Crippen molar-refractivity contribution in [3.8, 4) is 0 Å². The van der Waals surface area contributed by atoms with Crippen LogP contribution < -0.4 is 4.90 Å². The van der Waals surface area contributed by atoms with E-state index in [1.165, 1.54) is 11.1 Å². The molecule has 22 heavy (non-hydrogen) atoms. The summed E-state index contributed by atoms with van der Waals surface area (Å²) in [7, 11) is 0. The molecule has 0 saturated heterocycles. The highest BCUT2D eigenvalue weighted by Gasteiger charge is 2.32. The van der Waals surface area contributed by atoms with Gasteiger partial charge in [-0.1, -0.05) is 42.5 Å². The van der Waals surface area contributed by atoms with Gasteiger partial charge in [0.15, 0.2) is 5.78 Å². The van der Waals surface area contributed by atoms with Gasteiger partial charge in [0.05, 0.1) is 0 Å². The van der Waals surface area contributed by atoms with E-state index in [-0.39, 0.29) is 6.04 Å². The Morgan fingerprint density at radius 3 is 2.64 bits per heavy atom. The monoisotopic (exact) mass is 311 g/mol. The van der Waals surface area contributed by atoms with E-state index in [9.17, 15) is 4.79 Å². The molecule has 0 aromatic heterocycles. The molecule has 1 heterocycles. The first-order valence-electron chi connectivity index (χ1n) is 7.72. The van der Waals surface area contributed by atoms with Gasteiger partial charge in [0.2, 0.25) is 0 Å². The number of para-hydroxylation sites is 1. The number of nitrogens with zero attached hydrogens (tertiary/aromatic N) is 1. The number of fused-ring (bicyclic) bond motifs is 1. The van der Waals surface area contributed by atoms with Gasteiger partial charge in [-0.2, -0.15) is 11.8 Å². The number of Topliss-reactive ketones (excluding diaryl/α,β-unsaturated/α-hetero) is 1. The molecule has 3 rings (SSSR count). The van der Waals surface area contributed by atoms with E-state index in [0.29, 0.717) is 12.2 Å². The van der Waals surface area contributed by atoms with E-state index in [2.05, 4.69) is 41.5 Å². The minimum atomic E-state index is -0.139. The number of benzene rings is 2. The highest BCUT2D eigenvalue weighted by molar-refractivity contribution is 7.98. The van der Waals surface area contributed by atoms with Crippen LogP contribution in [0.5, 0.6) is 0 Å². The Hall–Kier alpha value is -1.74. The molecule has 2 aromatic rings. The number of thioether (sulfide) groups is 1. The molecule has 0 fully saturated rings. The standard InChI is InChI=1S/C19H21NOS/c1-22-14-12-18(21)19-17-10-6-5-7-15(17)11-13-20(19)16-8-3-2-4-9-16/h2-10,19H,11-14H2,1H3/t19-/m0/s1. The summed E-state index contributed by atoms with van der Waals surface area (Å²) in [6.45, 7) is 0.900. The predicted molar refractivity (Wildman–Crippen MR) is 94.7 cm³/mol. The molecule has 0 aliphatic carbocycles. The maximum Gasteiger partial charge on any atom is 0.160 e. The summed E-state index contributed by atoms with van der Waals surface area (Å²) in [4.78, 5) is 15.1. The number of anilines is 1. The summed E-state index contributed by atoms with van der Waals surface area (Å²) < 4.78 is 0. The SMILES string of the molecule is CSCCC(=O)[C@@H]1c2ccccc2CCN1c1ccccc1. The van der Waals surface area contributed by atoms with Crippen molar-refractivity contribution in [2.75, 3.05) is 23.5 Å². The third kappa shape index (κ3) is 3.05. The van der Waals surface area contributed by atoms with Crippen LogP contribution in [0.1, 0.15) is 23.6 Å². The van der Waals surface area contributed by atoms with Crippen LogP contribution in [-0.2, 0) is 11.2 Å². The molecule has 0 bridgehead atoms. The third-order valence-electron chi connectivity index (χ3n) is 4.23. The van der Waals surface area contributed by atoms with Gasteiger partial charge in [-0.15, -0.1) is 0 Å². The summed E-state index contributed by atoms with van der Waals surface area (Å²) >= 11 is 1.73. The molecule has 0 radical (unpaired) electrons. The van der Waals surface area contributed by atoms with Gasteiger partial charge in [-0.05, 0) is 41.7 Å². The minimum Gasteiger partial charge on any atom is -0.357 e. The van der Waals surface area contributed by atoms with Crippen molar-refractivity contribution in [1.82, 2.24) is 0 Å². The molecule has 0 unspecified atom stereocenters. The molecular weight excluding hydrogens is 290 g/mol. The molecule has 0 saturated carbocycles. The molecule has 0 amide bonds. The second-order valence-electron chi connectivity index (χ2n) is 5.59. The third-order valence-corrected chi connectivity index (χ3v) is 4.84. The fourth-order valence-electron chi connectivity index (χ4n) is 3.15. The fourth-order valence-corrected chi connectivity index (χ4v) is 3.56. The Morgan fingerprint density at radius 1 is 1.14 bits per heavy atom. The van der Waals surface area contributed by atoms with E-state index in [4.69, 9.17) is 0 Å². The average Bonchev–Trinajstić information content (AvgIpc) is 2.59. The van der Waals surface area contributed by atoms with Crippen molar-refractivity contribution < 1.29 is 4.79 Å². The number of rotatable bonds is 5. The van der Waals surface area contributed by atoms with Gasteiger partial charge in [-0.3, -0.25) is 4.79 Å². The lowest BCUT2D eigenvalue weighted by Crippen LogP contribution is -2.40. The van der Waals surface area contributed by atoms with Gasteiger partial charge in [0.25, 0.3) is 0 Å². The van der Waals surface area contributed by atoms with Gasteiger partial charge in [0.1, 0.15) is 6.04 Å². The summed E-state index contributed by atoms with van der Waals surface area (Å²) in [6, 6.07) is 18.6. The van der Waals surface area contributed by atoms with Crippen molar-refractivity contribution in [3.05, 3.63) is 65.7 Å². The van der Waals surface area contributed by atoms with Crippen LogP contribution >= 0.6 is 11.8 Å². The molecule has 1 aliphatic heterocycles. The van der Waals surface area contributed by atoms with Crippen LogP contribution in [0, 0.1) is 0 Å². The van der Waals surface area contributed by atoms with Crippen molar-refractivity contribution in [3.63, 3.8) is 0 Å². The topological polar surface area (TPSA) is 20.3 Å². The fraction of sp³-hybridized carbons (Fsp3) is 0.316. The van der Waals surface area contributed by atoms with Gasteiger partial charge < -0.3 is 4.90 Å². The molecule has 3 heteroatoms. The van der Waals surface area contributed by atoms with Crippen LogP contribution in [0.3, 0.4) is 0 Å². The van der Waals surface area contributed by atoms with Crippen LogP contribution in [0.2, 0.25) is 0 Å². The van der Waals surface area contributed by atoms with Crippen molar-refractivity contribution >= 4 is 23.2 Å². The van der Waals surface area contributed by atoms with Crippen LogP contribution in [0.25, 0.3) is 0 Å². The van der Waals surface area contributed by atoms with Crippen LogP contribution in [0.4, 0.5) is 5.69 Å². The first-order chi connectivity index (χ1) is 10.8. The number of hydrogen-bond donors (Lipinski definition) is 0. The second-order valence-corrected chi connectivity index (χ2v) is 6.58. The van der Waals surface area contributed by atoms with E-state index in [1.807, 2.05) is 24.3 Å². The normalized spacial score (nSPS) is 17.1. The lowest BCUT2D eigenvalue weighted by Gasteiger charge is -2.38. The van der Waals surface area contributed by atoms with Crippen LogP contribution in [-0.4, -0.2) is 24.3 Å². The largest absolute Gasteiger partial charge is 0.357 e. The Kier molecular flexibility index (Phi) is 4.84. The first kappa shape index (κ1) is 15.2. The Bertz CT molecular complexity index is 641. The zero-order valence-corrected chi connectivity index (χ0v) is 13.7.